The Balaban J connectivity index is 1.92. The molecular weight excluding hydrogens is 767 g/mol. The van der Waals surface area contributed by atoms with Crippen LogP contribution >= 0.6 is 11.3 Å². The van der Waals surface area contributed by atoms with E-state index in [2.05, 4.69) is 48.7 Å². The molecule has 0 bridgehead atoms. The quantitative estimate of drug-likeness (QED) is 0.0550. The lowest BCUT2D eigenvalue weighted by Gasteiger charge is -2.40. The summed E-state index contributed by atoms with van der Waals surface area (Å²) in [6.45, 7) is 16.5. The zero-order chi connectivity index (χ0) is 43.9. The second kappa shape index (κ2) is 23.7. The fourth-order valence-electron chi connectivity index (χ4n) is 7.95. The molecule has 330 valence electrons. The summed E-state index contributed by atoms with van der Waals surface area (Å²) in [6.07, 6.45) is 9.02. The summed E-state index contributed by atoms with van der Waals surface area (Å²) in [5, 5.41) is 21.3. The van der Waals surface area contributed by atoms with Crippen molar-refractivity contribution in [2.75, 3.05) is 25.9 Å². The van der Waals surface area contributed by atoms with Crippen molar-refractivity contribution < 1.29 is 29.1 Å². The number of unbranched alkanes of at least 4 members (excludes halogenated alkanes) is 3. The molecule has 0 unspecified atom stereocenters. The maximum atomic E-state index is 14.9. The monoisotopic (exact) mass is 840 g/mol. The predicted molar refractivity (Wildman–Crippen MR) is 236 cm³/mol. The van der Waals surface area contributed by atoms with Gasteiger partial charge in [0.25, 0.3) is 5.91 Å². The molecule has 4 amide bonds. The Hall–Kier alpha value is -4.04. The van der Waals surface area contributed by atoms with Gasteiger partial charge < -0.3 is 36.6 Å². The molecule has 1 saturated heterocycles. The molecule has 1 aliphatic heterocycles. The van der Waals surface area contributed by atoms with E-state index in [1.165, 1.54) is 18.3 Å². The third-order valence-corrected chi connectivity index (χ3v) is 12.8. The van der Waals surface area contributed by atoms with E-state index < -0.39 is 35.4 Å². The van der Waals surface area contributed by atoms with Crippen molar-refractivity contribution in [2.45, 2.75) is 163 Å². The lowest BCUT2D eigenvalue weighted by Crippen LogP contribution is -2.56. The van der Waals surface area contributed by atoms with Crippen LogP contribution in [0.3, 0.4) is 0 Å². The van der Waals surface area contributed by atoms with Crippen LogP contribution in [-0.2, 0) is 25.6 Å². The van der Waals surface area contributed by atoms with E-state index in [1.54, 1.807) is 31.4 Å². The molecule has 6 N–H and O–H groups in total. The maximum Gasteiger partial charge on any atom is 0.309 e. The first-order valence-corrected chi connectivity index (χ1v) is 22.7. The lowest BCUT2D eigenvalue weighted by atomic mass is 9.84. The molecule has 0 radical (unpaired) electrons. The summed E-state index contributed by atoms with van der Waals surface area (Å²) in [5.74, 6) is -2.02. The summed E-state index contributed by atoms with van der Waals surface area (Å²) >= 11 is 1.26. The van der Waals surface area contributed by atoms with Crippen LogP contribution in [0.25, 0.3) is 0 Å². The fraction of sp³-hybridized carbons (Fsp3) is 0.689. The van der Waals surface area contributed by atoms with Gasteiger partial charge in [0.05, 0.1) is 11.5 Å². The number of rotatable bonds is 24. The van der Waals surface area contributed by atoms with Gasteiger partial charge in [0.1, 0.15) is 16.7 Å². The number of nitrogens with one attached hydrogen (secondary N) is 3. The molecule has 0 saturated carbocycles. The van der Waals surface area contributed by atoms with E-state index in [1.807, 2.05) is 30.9 Å². The van der Waals surface area contributed by atoms with Crippen molar-refractivity contribution in [3.05, 3.63) is 45.9 Å². The number of anilines is 1. The number of hydrogen-bond donors (Lipinski definition) is 5. The fourth-order valence-corrected chi connectivity index (χ4v) is 8.82. The Morgan fingerprint density at radius 2 is 1.71 bits per heavy atom. The molecule has 1 aromatic carbocycles. The normalized spacial score (nSPS) is 17.4. The van der Waals surface area contributed by atoms with Crippen LogP contribution in [0.4, 0.5) is 5.69 Å². The smallest absolute Gasteiger partial charge is 0.309 e. The van der Waals surface area contributed by atoms with Crippen LogP contribution in [0.5, 0.6) is 0 Å². The molecule has 0 aliphatic carbocycles. The van der Waals surface area contributed by atoms with Gasteiger partial charge in [-0.05, 0) is 95.5 Å². The number of benzene rings is 1. The molecule has 1 aliphatic rings. The molecule has 2 heterocycles. The van der Waals surface area contributed by atoms with E-state index in [-0.39, 0.29) is 53.8 Å². The number of carbonyl (C=O) groups is 5. The number of hydrogen-bond acceptors (Lipinski definition) is 9. The minimum absolute atomic E-state index is 0.0139. The van der Waals surface area contributed by atoms with Crippen molar-refractivity contribution in [3.8, 4) is 0 Å². The van der Waals surface area contributed by atoms with Crippen LogP contribution in [0, 0.1) is 17.3 Å². The van der Waals surface area contributed by atoms with Gasteiger partial charge in [0.2, 0.25) is 17.7 Å². The molecule has 6 atom stereocenters. The number of aromatic nitrogens is 1. The number of thiazole rings is 1. The van der Waals surface area contributed by atoms with Crippen molar-refractivity contribution >= 4 is 46.6 Å². The van der Waals surface area contributed by atoms with Crippen molar-refractivity contribution in [1.29, 1.82) is 0 Å². The number of likely N-dealkylation sites (tertiary alicyclic amines) is 1. The standard InChI is InChI=1S/C45H73N7O6S/c1-10-12-13-15-23-52(43(56)40(30(5)11-2)50-39(54)25-35-17-14-16-22-51(35)9)38(29(3)4)26-36(47-31(6)53)42-49-37(28-59-42)41(55)48-34(27-45(7,8)44(57)58)24-32-18-20-33(46)21-19-32/h18-21,28-30,34-36,38,40H,10-17,22-27,46H2,1-9H3,(H,47,53)(H,48,55)(H,50,54)(H,57,58)/t30-,34-,35+,36+,38+,40-/m0/s1. The highest BCUT2D eigenvalue weighted by Gasteiger charge is 2.38. The van der Waals surface area contributed by atoms with Gasteiger partial charge in [-0.25, -0.2) is 4.98 Å². The van der Waals surface area contributed by atoms with Crippen LogP contribution < -0.4 is 21.7 Å². The molecule has 1 fully saturated rings. The number of nitrogens with zero attached hydrogens (tertiary/aromatic N) is 3. The number of carbonyl (C=O) groups excluding carboxylic acids is 4. The average Bonchev–Trinajstić information content (AvgIpc) is 3.67. The second-order valence-electron chi connectivity index (χ2n) is 17.7. The van der Waals surface area contributed by atoms with Crippen LogP contribution in [0.15, 0.2) is 29.6 Å². The maximum absolute atomic E-state index is 14.9. The highest BCUT2D eigenvalue weighted by atomic mass is 32.1. The SMILES string of the molecule is CCCCCCN(C(=O)[C@@H](NC(=O)C[C@H]1CCCCN1C)[C@@H](C)CC)[C@H](C[C@@H](NC(C)=O)c1nc(C(=O)N[C@@H](Cc2ccc(N)cc2)CC(C)(C)C(=O)O)cs1)C(C)C. The van der Waals surface area contributed by atoms with Gasteiger partial charge in [-0.15, -0.1) is 11.3 Å². The summed E-state index contributed by atoms with van der Waals surface area (Å²) in [6, 6.07) is 5.27. The Kier molecular flexibility index (Phi) is 19.8. The average molecular weight is 840 g/mol. The summed E-state index contributed by atoms with van der Waals surface area (Å²) in [7, 11) is 2.06. The largest absolute Gasteiger partial charge is 0.481 e. The van der Waals surface area contributed by atoms with Gasteiger partial charge in [-0.3, -0.25) is 24.0 Å². The molecule has 0 spiro atoms. The van der Waals surface area contributed by atoms with Gasteiger partial charge in [0.15, 0.2) is 0 Å². The summed E-state index contributed by atoms with van der Waals surface area (Å²) in [5.41, 5.74) is 6.44. The first-order valence-electron chi connectivity index (χ1n) is 21.8. The number of aliphatic carboxylic acids is 1. The molecule has 2 aromatic rings. The number of nitrogens with two attached hydrogens (primary N) is 1. The molecule has 3 rings (SSSR count). The van der Waals surface area contributed by atoms with Gasteiger partial charge in [0, 0.05) is 49.1 Å². The highest BCUT2D eigenvalue weighted by molar-refractivity contribution is 7.09. The van der Waals surface area contributed by atoms with Crippen molar-refractivity contribution in [1.82, 2.24) is 30.7 Å². The van der Waals surface area contributed by atoms with Gasteiger partial charge in [-0.1, -0.05) is 78.9 Å². The number of carboxylic acids is 1. The topological polar surface area (TPSA) is 187 Å². The Morgan fingerprint density at radius 1 is 1.02 bits per heavy atom. The Bertz CT molecular complexity index is 1660. The Morgan fingerprint density at radius 3 is 2.31 bits per heavy atom. The van der Waals surface area contributed by atoms with E-state index in [9.17, 15) is 29.1 Å². The van der Waals surface area contributed by atoms with E-state index in [0.29, 0.717) is 42.9 Å². The first-order chi connectivity index (χ1) is 27.9. The molecule has 59 heavy (non-hydrogen) atoms. The molecule has 14 heteroatoms. The summed E-state index contributed by atoms with van der Waals surface area (Å²) < 4.78 is 0. The van der Waals surface area contributed by atoms with Crippen molar-refractivity contribution in [3.63, 3.8) is 0 Å². The third kappa shape index (κ3) is 15.5. The van der Waals surface area contributed by atoms with Gasteiger partial charge >= 0.3 is 5.97 Å². The van der Waals surface area contributed by atoms with E-state index >= 15 is 0 Å². The van der Waals surface area contributed by atoms with Crippen LogP contribution in [0.1, 0.15) is 153 Å². The zero-order valence-electron chi connectivity index (χ0n) is 37.1. The van der Waals surface area contributed by atoms with Crippen LogP contribution in [0.2, 0.25) is 0 Å². The number of carboxylic acid groups (broad SMARTS) is 1. The van der Waals surface area contributed by atoms with Gasteiger partial charge in [-0.2, -0.15) is 0 Å². The minimum Gasteiger partial charge on any atom is -0.481 e. The zero-order valence-corrected chi connectivity index (χ0v) is 38.0. The lowest BCUT2D eigenvalue weighted by molar-refractivity contribution is -0.147. The highest BCUT2D eigenvalue weighted by Crippen LogP contribution is 2.30. The summed E-state index contributed by atoms with van der Waals surface area (Å²) in [4.78, 5) is 76.0. The second-order valence-corrected chi connectivity index (χ2v) is 18.6. The number of amides is 4. The van der Waals surface area contributed by atoms with Crippen molar-refractivity contribution in [2.24, 2.45) is 17.3 Å². The van der Waals surface area contributed by atoms with Crippen LogP contribution in [-0.4, -0.2) is 93.8 Å². The predicted octanol–water partition coefficient (Wildman–Crippen LogP) is 6.97. The molecular formula is C45H73N7O6S. The Labute approximate surface area is 357 Å². The number of piperidine rings is 1. The molecule has 1 aromatic heterocycles. The minimum atomic E-state index is -1.11. The van der Waals surface area contributed by atoms with E-state index in [0.717, 1.165) is 57.1 Å². The third-order valence-electron chi connectivity index (χ3n) is 11.9. The first kappa shape index (κ1) is 49.3. The van der Waals surface area contributed by atoms with E-state index in [4.69, 9.17) is 10.7 Å². The number of nitrogen functional groups attached to an aromatic ring is 1. The molecule has 13 nitrogen and oxygen atoms in total.